The molecule has 0 aliphatic carbocycles. The van der Waals surface area contributed by atoms with Crippen LogP contribution in [0.1, 0.15) is 26.3 Å². The molecule has 0 spiro atoms. The van der Waals surface area contributed by atoms with Crippen LogP contribution in [0.2, 0.25) is 0 Å². The summed E-state index contributed by atoms with van der Waals surface area (Å²) in [5.41, 5.74) is 3.76. The van der Waals surface area contributed by atoms with Gasteiger partial charge in [-0.2, -0.15) is 0 Å². The maximum atomic E-state index is 12.5. The maximum Gasteiger partial charge on any atom is 0.437 e. The highest BCUT2D eigenvalue weighted by Crippen LogP contribution is 2.36. The van der Waals surface area contributed by atoms with E-state index in [4.69, 9.17) is 4.74 Å². The van der Waals surface area contributed by atoms with Crippen LogP contribution in [0, 0.1) is 0 Å². The fourth-order valence-corrected chi connectivity index (χ4v) is 2.62. The molecule has 3 rings (SSSR count). The largest absolute Gasteiger partial charge is 0.442 e. The van der Waals surface area contributed by atoms with Gasteiger partial charge in [0.25, 0.3) is 0 Å². The summed E-state index contributed by atoms with van der Waals surface area (Å²) < 4.78 is 6.68. The Balaban J connectivity index is 2.16. The number of anilines is 1. The monoisotopic (exact) mass is 315 g/mol. The number of aromatic nitrogens is 3. The lowest BCUT2D eigenvalue weighted by Gasteiger charge is -2.19. The number of hydrogen-bond acceptors (Lipinski definition) is 6. The second kappa shape index (κ2) is 5.26. The minimum absolute atomic E-state index is 0.524. The maximum absolute atomic E-state index is 12.5. The van der Waals surface area contributed by atoms with Crippen molar-refractivity contribution < 1.29 is 9.53 Å². The van der Waals surface area contributed by atoms with E-state index >= 15 is 0 Å². The van der Waals surface area contributed by atoms with E-state index in [0.29, 0.717) is 17.6 Å². The van der Waals surface area contributed by atoms with Gasteiger partial charge in [0.15, 0.2) is 0 Å². The van der Waals surface area contributed by atoms with Gasteiger partial charge in [0.1, 0.15) is 16.6 Å². The second-order valence-electron chi connectivity index (χ2n) is 6.81. The molecule has 0 unspecified atom stereocenters. The van der Waals surface area contributed by atoms with Crippen LogP contribution in [0.5, 0.6) is 0 Å². The number of rotatable bonds is 1. The van der Waals surface area contributed by atoms with Crippen LogP contribution in [0.3, 0.4) is 0 Å². The Labute approximate surface area is 134 Å². The Bertz CT molecular complexity index is 799. The molecule has 7 heteroatoms. The van der Waals surface area contributed by atoms with E-state index < -0.39 is 11.7 Å². The van der Waals surface area contributed by atoms with Crippen LogP contribution in [0.4, 0.5) is 10.5 Å². The molecule has 2 aromatic rings. The Morgan fingerprint density at radius 2 is 2.13 bits per heavy atom. The van der Waals surface area contributed by atoms with Crippen molar-refractivity contribution in [3.63, 3.8) is 0 Å². The van der Waals surface area contributed by atoms with Gasteiger partial charge in [0, 0.05) is 38.1 Å². The molecule has 0 atom stereocenters. The first kappa shape index (κ1) is 15.3. The van der Waals surface area contributed by atoms with E-state index in [1.807, 2.05) is 58.1 Å². The molecule has 1 N–H and O–H groups in total. The fourth-order valence-electron chi connectivity index (χ4n) is 2.62. The molecular formula is C16H21N5O2. The Kier molecular flexibility index (Phi) is 3.50. The molecule has 7 nitrogen and oxygen atoms in total. The summed E-state index contributed by atoms with van der Waals surface area (Å²) in [5, 5.41) is 11.4. The van der Waals surface area contributed by atoms with Crippen LogP contribution in [0.25, 0.3) is 16.6 Å². The number of ether oxygens (including phenoxy) is 1. The smallest absolute Gasteiger partial charge is 0.437 e. The number of nitrogens with zero attached hydrogens (tertiary/aromatic N) is 4. The molecule has 0 saturated heterocycles. The second-order valence-corrected chi connectivity index (χ2v) is 6.81. The molecule has 0 fully saturated rings. The quantitative estimate of drug-likeness (QED) is 0.872. The number of hydrogen-bond donors (Lipinski definition) is 1. The van der Waals surface area contributed by atoms with Gasteiger partial charge in [-0.05, 0) is 38.5 Å². The third-order valence-corrected chi connectivity index (χ3v) is 3.38. The molecule has 0 amide bonds. The number of fused-ring (bicyclic) bond motifs is 3. The first-order valence-electron chi connectivity index (χ1n) is 7.49. The van der Waals surface area contributed by atoms with Crippen LogP contribution in [-0.2, 0) is 4.74 Å². The molecular weight excluding hydrogens is 294 g/mol. The van der Waals surface area contributed by atoms with E-state index in [-0.39, 0.29) is 0 Å². The van der Waals surface area contributed by atoms with E-state index in [1.165, 1.54) is 4.68 Å². The van der Waals surface area contributed by atoms with Crippen molar-refractivity contribution in [1.82, 2.24) is 19.9 Å². The Morgan fingerprint density at radius 3 is 2.78 bits per heavy atom. The average Bonchev–Trinajstić information content (AvgIpc) is 2.99. The van der Waals surface area contributed by atoms with Crippen molar-refractivity contribution in [2.45, 2.75) is 26.4 Å². The van der Waals surface area contributed by atoms with Crippen molar-refractivity contribution in [2.75, 3.05) is 26.0 Å². The van der Waals surface area contributed by atoms with Gasteiger partial charge in [-0.15, -0.1) is 9.78 Å². The molecule has 0 bridgehead atoms. The molecule has 1 aromatic carbocycles. The summed E-state index contributed by atoms with van der Waals surface area (Å²) in [7, 11) is 3.93. The lowest BCUT2D eigenvalue weighted by Crippen LogP contribution is -2.28. The molecule has 1 aliphatic heterocycles. The lowest BCUT2D eigenvalue weighted by atomic mass is 10.1. The molecule has 1 aliphatic rings. The molecule has 0 radical (unpaired) electrons. The summed E-state index contributed by atoms with van der Waals surface area (Å²) in [5.74, 6) is 0. The van der Waals surface area contributed by atoms with E-state index in [1.54, 1.807) is 0 Å². The third-order valence-electron chi connectivity index (χ3n) is 3.38. The fraction of sp³-hybridized carbons (Fsp3) is 0.438. The zero-order valence-corrected chi connectivity index (χ0v) is 14.0. The highest BCUT2D eigenvalue weighted by molar-refractivity contribution is 6.02. The van der Waals surface area contributed by atoms with Crippen LogP contribution < -0.4 is 5.32 Å². The summed E-state index contributed by atoms with van der Waals surface area (Å²) in [6, 6.07) is 3.82. The summed E-state index contributed by atoms with van der Waals surface area (Å²) in [4.78, 5) is 14.4. The minimum atomic E-state index is -0.589. The summed E-state index contributed by atoms with van der Waals surface area (Å²) in [6.07, 6.45) is 1.51. The number of carbonyl (C=O) groups is 1. The van der Waals surface area contributed by atoms with Gasteiger partial charge in [-0.25, -0.2) is 4.79 Å². The highest BCUT2D eigenvalue weighted by Gasteiger charge is 2.27. The zero-order valence-electron chi connectivity index (χ0n) is 14.0. The Hall–Kier alpha value is -2.57. The average molecular weight is 315 g/mol. The van der Waals surface area contributed by atoms with Crippen molar-refractivity contribution in [1.29, 1.82) is 0 Å². The molecule has 0 saturated carbocycles. The van der Waals surface area contributed by atoms with Crippen molar-refractivity contribution in [3.05, 3.63) is 23.9 Å². The molecule has 23 heavy (non-hydrogen) atoms. The van der Waals surface area contributed by atoms with Gasteiger partial charge in [0.2, 0.25) is 0 Å². The third kappa shape index (κ3) is 2.86. The molecule has 122 valence electrons. The first-order valence-corrected chi connectivity index (χ1v) is 7.49. The van der Waals surface area contributed by atoms with Gasteiger partial charge in [-0.1, -0.05) is 5.21 Å². The van der Waals surface area contributed by atoms with Gasteiger partial charge in [0.05, 0.1) is 0 Å². The predicted molar refractivity (Wildman–Crippen MR) is 89.3 cm³/mol. The van der Waals surface area contributed by atoms with Crippen LogP contribution in [-0.4, -0.2) is 52.2 Å². The number of benzene rings is 1. The SMILES string of the molecule is CN(C)C=C1CNc2ccc3nnn(C(=O)OC(C)(C)C)c3c21. The predicted octanol–water partition coefficient (Wildman–Crippen LogP) is 2.54. The van der Waals surface area contributed by atoms with E-state index in [0.717, 1.165) is 16.8 Å². The normalized spacial score (nSPS) is 15.6. The lowest BCUT2D eigenvalue weighted by molar-refractivity contribution is 0.0519. The number of carbonyl (C=O) groups excluding carboxylic acids is 1. The minimum Gasteiger partial charge on any atom is -0.442 e. The van der Waals surface area contributed by atoms with Crippen molar-refractivity contribution in [3.8, 4) is 0 Å². The zero-order chi connectivity index (χ0) is 16.8. The van der Waals surface area contributed by atoms with Crippen LogP contribution in [0.15, 0.2) is 18.3 Å². The highest BCUT2D eigenvalue weighted by atomic mass is 16.6. The van der Waals surface area contributed by atoms with Crippen LogP contribution >= 0.6 is 0 Å². The molecule has 2 heterocycles. The Morgan fingerprint density at radius 1 is 1.39 bits per heavy atom. The van der Waals surface area contributed by atoms with Gasteiger partial charge < -0.3 is 15.0 Å². The number of nitrogens with one attached hydrogen (secondary N) is 1. The van der Waals surface area contributed by atoms with Crippen molar-refractivity contribution in [2.24, 2.45) is 0 Å². The van der Waals surface area contributed by atoms with Gasteiger partial charge >= 0.3 is 6.09 Å². The van der Waals surface area contributed by atoms with E-state index in [2.05, 4.69) is 15.6 Å². The standard InChI is InChI=1S/C16H21N5O2/c1-16(2,3)23-15(22)21-14-12(18-19-21)7-6-11-13(14)10(8-17-11)9-20(4)5/h6-7,9,17H,8H2,1-5H3. The van der Waals surface area contributed by atoms with Crippen molar-refractivity contribution >= 4 is 28.4 Å². The van der Waals surface area contributed by atoms with Gasteiger partial charge in [-0.3, -0.25) is 0 Å². The summed E-state index contributed by atoms with van der Waals surface area (Å²) in [6.45, 7) is 6.18. The van der Waals surface area contributed by atoms with E-state index in [9.17, 15) is 4.79 Å². The molecule has 1 aromatic heterocycles. The summed E-state index contributed by atoms with van der Waals surface area (Å²) >= 11 is 0. The topological polar surface area (TPSA) is 72.3 Å². The first-order chi connectivity index (χ1) is 10.8.